The highest BCUT2D eigenvalue weighted by atomic mass is 32.2. The molecule has 2 aliphatic rings. The summed E-state index contributed by atoms with van der Waals surface area (Å²) < 4.78 is 32.8. The highest BCUT2D eigenvalue weighted by Gasteiger charge is 2.59. The molecule has 5 rings (SSSR count). The van der Waals surface area contributed by atoms with E-state index >= 15 is 0 Å². The topological polar surface area (TPSA) is 112 Å². The Hall–Kier alpha value is -3.50. The predicted molar refractivity (Wildman–Crippen MR) is 117 cm³/mol. The van der Waals surface area contributed by atoms with Crippen molar-refractivity contribution in [3.63, 3.8) is 0 Å². The molecule has 10 heteroatoms. The van der Waals surface area contributed by atoms with Gasteiger partial charge in [-0.1, -0.05) is 42.5 Å². The number of carbonyl (C=O) groups is 1. The largest absolute Gasteiger partial charge is 0.368 e. The van der Waals surface area contributed by atoms with E-state index < -0.39 is 26.2 Å². The van der Waals surface area contributed by atoms with Gasteiger partial charge in [0.1, 0.15) is 0 Å². The van der Waals surface area contributed by atoms with Gasteiger partial charge in [0.15, 0.2) is 21.3 Å². The van der Waals surface area contributed by atoms with E-state index in [1.165, 1.54) is 24.1 Å². The molecule has 2 atom stereocenters. The summed E-state index contributed by atoms with van der Waals surface area (Å²) in [6, 6.07) is 15.6. The molecule has 2 aliphatic heterocycles. The van der Waals surface area contributed by atoms with Gasteiger partial charge < -0.3 is 9.30 Å². The minimum absolute atomic E-state index is 0.00504. The van der Waals surface area contributed by atoms with Gasteiger partial charge in [-0.05, 0) is 5.56 Å². The Labute approximate surface area is 183 Å². The smallest absolute Gasteiger partial charge is 0.269 e. The average Bonchev–Trinajstić information content (AvgIpc) is 3.09. The Morgan fingerprint density at radius 1 is 1.12 bits per heavy atom. The molecule has 0 bridgehead atoms. The van der Waals surface area contributed by atoms with Gasteiger partial charge >= 0.3 is 0 Å². The fourth-order valence-corrected chi connectivity index (χ4v) is 6.41. The van der Waals surface area contributed by atoms with Gasteiger partial charge in [0, 0.05) is 43.1 Å². The molecule has 9 nitrogen and oxygen atoms in total. The van der Waals surface area contributed by atoms with Crippen LogP contribution in [0.1, 0.15) is 11.1 Å². The zero-order valence-corrected chi connectivity index (χ0v) is 17.9. The Balaban J connectivity index is 1.65. The van der Waals surface area contributed by atoms with Crippen LogP contribution in [0.3, 0.4) is 0 Å². The number of hydrogen-bond donors (Lipinski definition) is 0. The van der Waals surface area contributed by atoms with Crippen molar-refractivity contribution in [2.75, 3.05) is 12.0 Å². The van der Waals surface area contributed by atoms with E-state index in [1.807, 2.05) is 34.9 Å². The number of fused-ring (bicyclic) bond motifs is 3. The van der Waals surface area contributed by atoms with E-state index in [4.69, 9.17) is 4.74 Å². The Morgan fingerprint density at radius 3 is 2.44 bits per heavy atom. The summed E-state index contributed by atoms with van der Waals surface area (Å²) in [5.41, 5.74) is 3.49. The Bertz CT molecular complexity index is 1330. The molecule has 32 heavy (non-hydrogen) atoms. The number of rotatable bonds is 5. The van der Waals surface area contributed by atoms with Crippen LogP contribution < -0.4 is 4.90 Å². The fraction of sp³-hybridized carbons (Fsp3) is 0.227. The minimum Gasteiger partial charge on any atom is -0.368 e. The molecular formula is C22H19N3O6S. The normalized spacial score (nSPS) is 20.9. The van der Waals surface area contributed by atoms with Crippen LogP contribution in [0.15, 0.2) is 60.8 Å². The molecule has 1 aromatic heterocycles. The third-order valence-electron chi connectivity index (χ3n) is 5.89. The Kier molecular flexibility index (Phi) is 4.64. The van der Waals surface area contributed by atoms with Crippen LogP contribution in [-0.2, 0) is 31.7 Å². The van der Waals surface area contributed by atoms with Crippen LogP contribution in [0.2, 0.25) is 0 Å². The molecular weight excluding hydrogens is 434 g/mol. The summed E-state index contributed by atoms with van der Waals surface area (Å²) in [5.74, 6) is -0.573. The molecule has 3 aromatic rings. The second kappa shape index (κ2) is 7.28. The van der Waals surface area contributed by atoms with Gasteiger partial charge in [-0.2, -0.15) is 0 Å². The van der Waals surface area contributed by atoms with E-state index in [1.54, 1.807) is 18.3 Å². The quantitative estimate of drug-likeness (QED) is 0.334. The van der Waals surface area contributed by atoms with Crippen molar-refractivity contribution in [1.82, 2.24) is 4.57 Å². The monoisotopic (exact) mass is 453 g/mol. The molecule has 1 saturated heterocycles. The number of methoxy groups -OCH3 is 1. The summed E-state index contributed by atoms with van der Waals surface area (Å²) in [6.45, 7) is 0.357. The maximum absolute atomic E-state index is 12.9. The summed E-state index contributed by atoms with van der Waals surface area (Å²) in [5, 5.41) is 9.92. The van der Waals surface area contributed by atoms with E-state index in [9.17, 15) is 23.3 Å². The first kappa shape index (κ1) is 20.4. The fourth-order valence-electron chi connectivity index (χ4n) is 4.46. The molecule has 0 saturated carbocycles. The zero-order chi connectivity index (χ0) is 22.6. The number of ether oxygens (including phenoxy) is 1. The molecule has 1 fully saturated rings. The number of sulfone groups is 1. The van der Waals surface area contributed by atoms with Crippen molar-refractivity contribution >= 4 is 27.1 Å². The number of non-ortho nitro benzene ring substituents is 1. The number of benzene rings is 2. The number of nitro groups is 1. The van der Waals surface area contributed by atoms with Gasteiger partial charge in [-0.15, -0.1) is 0 Å². The van der Waals surface area contributed by atoms with Crippen molar-refractivity contribution in [2.45, 2.75) is 23.8 Å². The molecule has 0 radical (unpaired) electrons. The highest BCUT2D eigenvalue weighted by Crippen LogP contribution is 2.47. The van der Waals surface area contributed by atoms with Crippen molar-refractivity contribution in [3.8, 4) is 11.3 Å². The lowest BCUT2D eigenvalue weighted by Gasteiger charge is -2.47. The summed E-state index contributed by atoms with van der Waals surface area (Å²) >= 11 is 0. The molecule has 3 heterocycles. The molecule has 0 spiro atoms. The zero-order valence-electron chi connectivity index (χ0n) is 17.0. The number of amides is 1. The summed E-state index contributed by atoms with van der Waals surface area (Å²) in [7, 11) is -2.28. The van der Waals surface area contributed by atoms with Gasteiger partial charge in [0.25, 0.3) is 11.6 Å². The van der Waals surface area contributed by atoms with Gasteiger partial charge in [-0.25, -0.2) is 8.42 Å². The molecule has 0 N–H and O–H groups in total. The third-order valence-corrected chi connectivity index (χ3v) is 7.80. The lowest BCUT2D eigenvalue weighted by Crippen LogP contribution is -2.70. The maximum Gasteiger partial charge on any atom is 0.269 e. The first-order chi connectivity index (χ1) is 15.3. The van der Waals surface area contributed by atoms with Crippen LogP contribution >= 0.6 is 0 Å². The molecule has 164 valence electrons. The van der Waals surface area contributed by atoms with Crippen molar-refractivity contribution in [2.24, 2.45) is 0 Å². The maximum atomic E-state index is 12.9. The average molecular weight is 453 g/mol. The SMILES string of the molecule is COC1C(=O)N2c3c(cn(Cc4ccc([N+](=O)[O-])cc4)c3-c3ccccc3)CS(=O)(=O)C12. The number of carbonyl (C=O) groups excluding carboxylic acids is 1. The summed E-state index contributed by atoms with van der Waals surface area (Å²) in [6.07, 6.45) is 0.745. The van der Waals surface area contributed by atoms with Crippen molar-refractivity contribution in [3.05, 3.63) is 82.0 Å². The van der Waals surface area contributed by atoms with Crippen LogP contribution in [0.5, 0.6) is 0 Å². The lowest BCUT2D eigenvalue weighted by molar-refractivity contribution is -0.384. The lowest BCUT2D eigenvalue weighted by atomic mass is 10.0. The number of nitrogens with zero attached hydrogens (tertiary/aromatic N) is 3. The van der Waals surface area contributed by atoms with E-state index in [2.05, 4.69) is 0 Å². The number of β-lactam (4-membered cyclic amide) rings is 1. The first-order valence-corrected chi connectivity index (χ1v) is 11.6. The summed E-state index contributed by atoms with van der Waals surface area (Å²) in [4.78, 5) is 24.6. The molecule has 1 amide bonds. The van der Waals surface area contributed by atoms with Crippen LogP contribution in [0, 0.1) is 10.1 Å². The predicted octanol–water partition coefficient (Wildman–Crippen LogP) is 2.73. The molecule has 2 unspecified atom stereocenters. The second-order valence-electron chi connectivity index (χ2n) is 7.83. The van der Waals surface area contributed by atoms with Crippen molar-refractivity contribution < 1.29 is 22.9 Å². The van der Waals surface area contributed by atoms with E-state index in [0.717, 1.165) is 16.8 Å². The number of anilines is 1. The second-order valence-corrected chi connectivity index (χ2v) is 9.93. The minimum atomic E-state index is -3.61. The highest BCUT2D eigenvalue weighted by molar-refractivity contribution is 7.91. The van der Waals surface area contributed by atoms with Crippen LogP contribution in [0.25, 0.3) is 11.3 Å². The van der Waals surface area contributed by atoms with E-state index in [-0.39, 0.29) is 17.3 Å². The number of nitro benzene ring substituents is 1. The molecule has 2 aromatic carbocycles. The van der Waals surface area contributed by atoms with Gasteiger partial charge in [0.2, 0.25) is 0 Å². The van der Waals surface area contributed by atoms with Gasteiger partial charge in [0.05, 0.1) is 22.1 Å². The Morgan fingerprint density at radius 2 is 1.81 bits per heavy atom. The number of hydrogen-bond acceptors (Lipinski definition) is 6. The van der Waals surface area contributed by atoms with Crippen LogP contribution in [-0.4, -0.2) is 42.4 Å². The molecule has 0 aliphatic carbocycles. The number of aromatic nitrogens is 1. The first-order valence-electron chi connectivity index (χ1n) is 9.90. The van der Waals surface area contributed by atoms with Gasteiger partial charge in [-0.3, -0.25) is 19.8 Å². The van der Waals surface area contributed by atoms with Crippen LogP contribution in [0.4, 0.5) is 11.4 Å². The third kappa shape index (κ3) is 3.02. The van der Waals surface area contributed by atoms with Crippen molar-refractivity contribution in [1.29, 1.82) is 0 Å². The standard InChI is InChI=1S/C22H19N3O6S/c1-31-20-21(26)24-19-16(13-32(29,30)22(20)24)12-23(18(19)15-5-3-2-4-6-15)11-14-7-9-17(10-8-14)25(27)28/h2-10,12,20,22H,11,13H2,1H3. The van der Waals surface area contributed by atoms with E-state index in [0.29, 0.717) is 17.8 Å².